The fraction of sp³-hybridized carbons (Fsp3) is 0.980. The number of ether oxygens (including phenoxy) is 2. The number of rotatable bonds is 51. The van der Waals surface area contributed by atoms with E-state index in [1.165, 1.54) is 225 Å². The summed E-state index contributed by atoms with van der Waals surface area (Å²) in [5, 5.41) is 0. The molecule has 0 aliphatic rings. The van der Waals surface area contributed by atoms with Crippen LogP contribution in [0.1, 0.15) is 277 Å². The standard InChI is InChI=1S/C50H102NO7P/c1-3-5-7-9-11-13-15-17-19-20-21-22-23-24-25-26-27-28-29-31-33-35-37-39-41-43-50(52)58-49(48-57-59(53,54)56-46-44-51)47-55-45-42-40-38-36-34-32-30-18-16-14-12-10-8-6-4-2/h49H,3-48,51H2,1-2H3,(H,53,54). The molecular weight excluding hydrogens is 758 g/mol. The number of hydrogen-bond acceptors (Lipinski definition) is 7. The smallest absolute Gasteiger partial charge is 0.457 e. The van der Waals surface area contributed by atoms with Crippen molar-refractivity contribution in [1.82, 2.24) is 0 Å². The molecule has 0 aliphatic heterocycles. The number of unbranched alkanes of at least 4 members (excludes halogenated alkanes) is 38. The molecule has 59 heavy (non-hydrogen) atoms. The van der Waals surface area contributed by atoms with Gasteiger partial charge in [0.05, 0.1) is 19.8 Å². The van der Waals surface area contributed by atoms with Crippen LogP contribution >= 0.6 is 7.82 Å². The maximum Gasteiger partial charge on any atom is 0.472 e. The molecule has 3 N–H and O–H groups in total. The Morgan fingerprint density at radius 3 is 1.07 bits per heavy atom. The fourth-order valence-electron chi connectivity index (χ4n) is 7.94. The first-order valence-corrected chi connectivity index (χ1v) is 27.5. The number of hydrogen-bond donors (Lipinski definition) is 2. The van der Waals surface area contributed by atoms with Gasteiger partial charge in [-0.2, -0.15) is 0 Å². The van der Waals surface area contributed by atoms with Crippen molar-refractivity contribution in [3.63, 3.8) is 0 Å². The SMILES string of the molecule is CCCCCCCCCCCCCCCCCCCCCCCCCCCC(=O)OC(COCCCCCCCCCCCCCCCCC)COP(=O)(O)OCCN. The molecule has 0 spiro atoms. The van der Waals surface area contributed by atoms with Crippen molar-refractivity contribution >= 4 is 13.8 Å². The second kappa shape index (κ2) is 48.5. The molecule has 0 fully saturated rings. The van der Waals surface area contributed by atoms with Crippen LogP contribution in [0.5, 0.6) is 0 Å². The third-order valence-electron chi connectivity index (χ3n) is 11.8. The summed E-state index contributed by atoms with van der Waals surface area (Å²) in [5.41, 5.74) is 5.39. The molecule has 0 heterocycles. The molecule has 8 nitrogen and oxygen atoms in total. The van der Waals surface area contributed by atoms with E-state index in [4.69, 9.17) is 24.3 Å². The van der Waals surface area contributed by atoms with Crippen molar-refractivity contribution in [3.8, 4) is 0 Å². The third kappa shape index (κ3) is 48.4. The second-order valence-electron chi connectivity index (χ2n) is 17.8. The van der Waals surface area contributed by atoms with Gasteiger partial charge in [0.2, 0.25) is 0 Å². The van der Waals surface area contributed by atoms with Gasteiger partial charge in [-0.3, -0.25) is 13.8 Å². The third-order valence-corrected chi connectivity index (χ3v) is 12.8. The van der Waals surface area contributed by atoms with Gasteiger partial charge < -0.3 is 20.1 Å². The van der Waals surface area contributed by atoms with Gasteiger partial charge in [-0.15, -0.1) is 0 Å². The van der Waals surface area contributed by atoms with Crippen molar-refractivity contribution < 1.29 is 32.8 Å². The Balaban J connectivity index is 3.83. The summed E-state index contributed by atoms with van der Waals surface area (Å²) in [6, 6.07) is 0. The number of phosphoric ester groups is 1. The van der Waals surface area contributed by atoms with Crippen LogP contribution in [0.4, 0.5) is 0 Å². The van der Waals surface area contributed by atoms with Crippen LogP contribution in [0.2, 0.25) is 0 Å². The second-order valence-corrected chi connectivity index (χ2v) is 19.2. The summed E-state index contributed by atoms with van der Waals surface area (Å²) in [5.74, 6) is -0.320. The van der Waals surface area contributed by atoms with Crippen molar-refractivity contribution in [2.75, 3.05) is 33.0 Å². The first kappa shape index (κ1) is 58.5. The van der Waals surface area contributed by atoms with Crippen LogP contribution in [0, 0.1) is 0 Å². The van der Waals surface area contributed by atoms with E-state index >= 15 is 0 Å². The minimum atomic E-state index is -4.27. The van der Waals surface area contributed by atoms with Crippen molar-refractivity contribution in [1.29, 1.82) is 0 Å². The molecule has 0 aromatic rings. The van der Waals surface area contributed by atoms with E-state index in [2.05, 4.69) is 13.8 Å². The van der Waals surface area contributed by atoms with Crippen LogP contribution in [0.15, 0.2) is 0 Å². The van der Waals surface area contributed by atoms with Crippen molar-refractivity contribution in [2.24, 2.45) is 5.73 Å². The number of phosphoric acid groups is 1. The van der Waals surface area contributed by atoms with E-state index in [1.807, 2.05) is 0 Å². The van der Waals surface area contributed by atoms with Gasteiger partial charge in [0.25, 0.3) is 0 Å². The zero-order valence-electron chi connectivity index (χ0n) is 39.5. The Hall–Kier alpha value is -0.500. The molecule has 9 heteroatoms. The Kier molecular flexibility index (Phi) is 48.1. The number of nitrogens with two attached hydrogens (primary N) is 1. The van der Waals surface area contributed by atoms with Crippen LogP contribution in [0.3, 0.4) is 0 Å². The number of esters is 1. The summed E-state index contributed by atoms with van der Waals surface area (Å²) in [6.45, 7) is 5.01. The molecule has 0 radical (unpaired) electrons. The molecule has 0 amide bonds. The molecule has 0 aromatic carbocycles. The lowest BCUT2D eigenvalue weighted by molar-refractivity contribution is -0.154. The molecule has 0 bridgehead atoms. The molecule has 0 aromatic heterocycles. The highest BCUT2D eigenvalue weighted by Crippen LogP contribution is 2.43. The van der Waals surface area contributed by atoms with Crippen LogP contribution in [-0.4, -0.2) is 49.9 Å². The molecule has 2 unspecified atom stereocenters. The van der Waals surface area contributed by atoms with Gasteiger partial charge in [-0.1, -0.05) is 258 Å². The van der Waals surface area contributed by atoms with Gasteiger partial charge in [0.1, 0.15) is 6.10 Å². The zero-order valence-corrected chi connectivity index (χ0v) is 40.4. The molecular formula is C50H102NO7P. The van der Waals surface area contributed by atoms with E-state index in [1.54, 1.807) is 0 Å². The fourth-order valence-corrected chi connectivity index (χ4v) is 8.71. The van der Waals surface area contributed by atoms with Crippen molar-refractivity contribution in [3.05, 3.63) is 0 Å². The normalized spacial score (nSPS) is 13.2. The van der Waals surface area contributed by atoms with Gasteiger partial charge in [-0.25, -0.2) is 4.57 Å². The summed E-state index contributed by atoms with van der Waals surface area (Å²) < 4.78 is 33.6. The van der Waals surface area contributed by atoms with E-state index in [9.17, 15) is 14.3 Å². The molecule has 354 valence electrons. The molecule has 2 atom stereocenters. The van der Waals surface area contributed by atoms with E-state index in [0.29, 0.717) is 13.0 Å². The summed E-state index contributed by atoms with van der Waals surface area (Å²) in [4.78, 5) is 22.6. The Morgan fingerprint density at radius 1 is 0.441 bits per heavy atom. The van der Waals surface area contributed by atoms with Crippen LogP contribution < -0.4 is 5.73 Å². The summed E-state index contributed by atoms with van der Waals surface area (Å²) in [7, 11) is -4.27. The largest absolute Gasteiger partial charge is 0.472 e. The predicted octanol–water partition coefficient (Wildman–Crippen LogP) is 16.0. The Bertz CT molecular complexity index is 878. The monoisotopic (exact) mass is 860 g/mol. The van der Waals surface area contributed by atoms with Crippen LogP contribution in [0.25, 0.3) is 0 Å². The highest BCUT2D eigenvalue weighted by molar-refractivity contribution is 7.47. The highest BCUT2D eigenvalue weighted by Gasteiger charge is 2.25. The molecule has 0 rings (SSSR count). The lowest BCUT2D eigenvalue weighted by Crippen LogP contribution is -2.28. The lowest BCUT2D eigenvalue weighted by Gasteiger charge is -2.20. The maximum atomic E-state index is 12.6. The Labute approximate surface area is 367 Å². The maximum absolute atomic E-state index is 12.6. The number of carbonyl (C=O) groups is 1. The van der Waals surface area contributed by atoms with Gasteiger partial charge in [0.15, 0.2) is 0 Å². The van der Waals surface area contributed by atoms with E-state index < -0.39 is 13.9 Å². The topological polar surface area (TPSA) is 117 Å². The lowest BCUT2D eigenvalue weighted by atomic mass is 10.0. The Morgan fingerprint density at radius 2 is 0.746 bits per heavy atom. The zero-order chi connectivity index (χ0) is 43.0. The number of carbonyl (C=O) groups excluding carboxylic acids is 1. The minimum absolute atomic E-state index is 0.0898. The first-order chi connectivity index (χ1) is 28.9. The van der Waals surface area contributed by atoms with Gasteiger partial charge in [-0.05, 0) is 12.8 Å². The average Bonchev–Trinajstić information content (AvgIpc) is 3.23. The highest BCUT2D eigenvalue weighted by atomic mass is 31.2. The first-order valence-electron chi connectivity index (χ1n) is 26.0. The van der Waals surface area contributed by atoms with Gasteiger partial charge >= 0.3 is 13.8 Å². The average molecular weight is 860 g/mol. The summed E-state index contributed by atoms with van der Waals surface area (Å²) in [6.07, 6.45) is 52.8. The van der Waals surface area contributed by atoms with E-state index in [0.717, 1.165) is 32.1 Å². The van der Waals surface area contributed by atoms with Crippen LogP contribution in [-0.2, 0) is 27.9 Å². The van der Waals surface area contributed by atoms with E-state index in [-0.39, 0.29) is 32.3 Å². The predicted molar refractivity (Wildman–Crippen MR) is 252 cm³/mol. The van der Waals surface area contributed by atoms with Gasteiger partial charge in [0, 0.05) is 19.6 Å². The quantitative estimate of drug-likeness (QED) is 0.0353. The minimum Gasteiger partial charge on any atom is -0.457 e. The molecule has 0 saturated carbocycles. The molecule has 0 aliphatic carbocycles. The molecule has 0 saturated heterocycles. The summed E-state index contributed by atoms with van der Waals surface area (Å²) >= 11 is 0. The van der Waals surface area contributed by atoms with Crippen molar-refractivity contribution in [2.45, 2.75) is 283 Å².